The van der Waals surface area contributed by atoms with Crippen LogP contribution in [0.3, 0.4) is 0 Å². The molecule has 3 saturated heterocycles. The number of benzene rings is 1. The molecule has 2 N–H and O–H groups in total. The molecule has 1 aromatic carbocycles. The molecule has 0 bridgehead atoms. The third kappa shape index (κ3) is 9.33. The normalized spacial score (nSPS) is 24.5. The van der Waals surface area contributed by atoms with Gasteiger partial charge in [-0.05, 0) is 56.6 Å². The van der Waals surface area contributed by atoms with Crippen LogP contribution in [0.1, 0.15) is 90.6 Å². The molecule has 3 aliphatic heterocycles. The lowest BCUT2D eigenvalue weighted by molar-refractivity contribution is -0.167. The predicted octanol–water partition coefficient (Wildman–Crippen LogP) is 5.50. The van der Waals surface area contributed by atoms with E-state index in [1.165, 1.54) is 33.9 Å². The molecule has 1 unspecified atom stereocenters. The highest BCUT2D eigenvalue weighted by atomic mass is 19.4. The quantitative estimate of drug-likeness (QED) is 0.103. The van der Waals surface area contributed by atoms with E-state index in [0.717, 1.165) is 28.6 Å². The number of rotatable bonds is 10. The Morgan fingerprint density at radius 1 is 1.08 bits per heavy atom. The van der Waals surface area contributed by atoms with Crippen molar-refractivity contribution in [3.05, 3.63) is 65.4 Å². The minimum Gasteiger partial charge on any atom is -0.377 e. The Kier molecular flexibility index (Phi) is 12.8. The van der Waals surface area contributed by atoms with E-state index in [9.17, 15) is 36.3 Å². The van der Waals surface area contributed by atoms with Gasteiger partial charge in [-0.25, -0.2) is 22.7 Å². The third-order valence-electron chi connectivity index (χ3n) is 12.9. The molecule has 4 atom stereocenters. The van der Waals surface area contributed by atoms with Crippen molar-refractivity contribution in [2.24, 2.45) is 13.0 Å². The lowest BCUT2D eigenvalue weighted by Gasteiger charge is -2.38. The summed E-state index contributed by atoms with van der Waals surface area (Å²) in [7, 11) is 1.77. The highest BCUT2D eigenvalue weighted by molar-refractivity contribution is 6.08. The molecule has 5 aromatic rings. The van der Waals surface area contributed by atoms with E-state index in [0.29, 0.717) is 50.0 Å². The van der Waals surface area contributed by atoms with Crippen molar-refractivity contribution in [2.75, 3.05) is 56.2 Å². The zero-order valence-electron chi connectivity index (χ0n) is 35.8. The smallest absolute Gasteiger partial charge is 0.377 e. The molecule has 7 heterocycles. The maximum Gasteiger partial charge on any atom is 0.411 e. The number of alkyl halides is 6. The van der Waals surface area contributed by atoms with Gasteiger partial charge in [-0.15, -0.1) is 0 Å². The molecule has 0 radical (unpaired) electrons. The van der Waals surface area contributed by atoms with Crippen molar-refractivity contribution < 1.29 is 50.2 Å². The summed E-state index contributed by atoms with van der Waals surface area (Å²) in [6.45, 7) is 0.942. The first kappa shape index (κ1) is 45.1. The number of fused-ring (bicyclic) bond motifs is 2. The number of anilines is 2. The summed E-state index contributed by atoms with van der Waals surface area (Å²) in [5, 5.41) is 18.5. The van der Waals surface area contributed by atoms with E-state index in [1.54, 1.807) is 11.7 Å². The van der Waals surface area contributed by atoms with Gasteiger partial charge in [-0.3, -0.25) is 34.0 Å². The zero-order valence-corrected chi connectivity index (χ0v) is 35.8. The fraction of sp³-hybridized carbons (Fsp3) is 0.523. The average molecular weight is 924 g/mol. The van der Waals surface area contributed by atoms with Crippen molar-refractivity contribution >= 4 is 45.8 Å². The van der Waals surface area contributed by atoms with Gasteiger partial charge in [-0.1, -0.05) is 24.0 Å². The molecule has 3 amide bonds. The Hall–Kier alpha value is -6.05. The molecule has 9 rings (SSSR count). The number of nitrogens with zero attached hydrogens (tertiary/aromatic N) is 9. The Morgan fingerprint density at radius 3 is 2.65 bits per heavy atom. The number of halogens is 6. The van der Waals surface area contributed by atoms with E-state index in [-0.39, 0.29) is 79.2 Å². The maximum atomic E-state index is 15.5. The van der Waals surface area contributed by atoms with Crippen molar-refractivity contribution in [1.82, 2.24) is 44.4 Å². The Bertz CT molecular complexity index is 2680. The number of amides is 3. The highest BCUT2D eigenvalue weighted by Gasteiger charge is 2.46. The second-order valence-corrected chi connectivity index (χ2v) is 17.2. The number of imide groups is 1. The summed E-state index contributed by atoms with van der Waals surface area (Å²) in [5.41, 5.74) is 1.04. The number of ether oxygens (including phenoxy) is 2. The van der Waals surface area contributed by atoms with Gasteiger partial charge in [0.15, 0.2) is 11.3 Å². The van der Waals surface area contributed by atoms with Gasteiger partial charge in [0.05, 0.1) is 59.9 Å². The predicted molar refractivity (Wildman–Crippen MR) is 226 cm³/mol. The SMILES string of the molecule is Cn1nc(C2CCC(=O)NC2=O)c2cccc(C#CCO[C@H]3CCN(C[C@H]4CC[C@H](n5cc(NC(=O)c6cnn7ccc(N8CCOC[C@H]8C(F)(F)F)nc67)c(C(F)F)n5)CC4)C[C@H]3F)c21. The van der Waals surface area contributed by atoms with Gasteiger partial charge in [0.25, 0.3) is 12.3 Å². The van der Waals surface area contributed by atoms with Gasteiger partial charge >= 0.3 is 6.18 Å². The molecule has 4 aromatic heterocycles. The molecule has 66 heavy (non-hydrogen) atoms. The molecule has 4 fully saturated rings. The van der Waals surface area contributed by atoms with E-state index < -0.39 is 55.0 Å². The Morgan fingerprint density at radius 2 is 1.89 bits per heavy atom. The van der Waals surface area contributed by atoms with E-state index in [4.69, 9.17) is 9.47 Å². The minimum atomic E-state index is -4.59. The molecule has 350 valence electrons. The molecule has 1 aliphatic carbocycles. The molecule has 1 saturated carbocycles. The number of hydrogen-bond acceptors (Lipinski definition) is 11. The second-order valence-electron chi connectivity index (χ2n) is 17.2. The van der Waals surface area contributed by atoms with Crippen molar-refractivity contribution in [3.8, 4) is 11.8 Å². The first-order valence-corrected chi connectivity index (χ1v) is 21.9. The summed E-state index contributed by atoms with van der Waals surface area (Å²) >= 11 is 0. The summed E-state index contributed by atoms with van der Waals surface area (Å²) in [5.74, 6) is 4.32. The van der Waals surface area contributed by atoms with Gasteiger partial charge in [0, 0.05) is 57.4 Å². The molecule has 16 nitrogen and oxygen atoms in total. The number of hydrogen-bond donors (Lipinski definition) is 2. The number of nitrogens with one attached hydrogen (secondary N) is 2. The van der Waals surface area contributed by atoms with Crippen molar-refractivity contribution in [1.29, 1.82) is 0 Å². The Balaban J connectivity index is 0.764. The fourth-order valence-electron chi connectivity index (χ4n) is 9.58. The Labute approximate surface area is 373 Å². The second kappa shape index (κ2) is 18.7. The summed E-state index contributed by atoms with van der Waals surface area (Å²) in [4.78, 5) is 45.2. The van der Waals surface area contributed by atoms with Crippen LogP contribution in [0.2, 0.25) is 0 Å². The lowest BCUT2D eigenvalue weighted by atomic mass is 9.85. The van der Waals surface area contributed by atoms with E-state index >= 15 is 4.39 Å². The molecular formula is C44H47F6N11O5. The maximum absolute atomic E-state index is 15.5. The fourth-order valence-corrected chi connectivity index (χ4v) is 9.58. The summed E-state index contributed by atoms with van der Waals surface area (Å²) in [6, 6.07) is 4.75. The number of aromatic nitrogens is 7. The van der Waals surface area contributed by atoms with Crippen LogP contribution >= 0.6 is 0 Å². The van der Waals surface area contributed by atoms with Crippen LogP contribution < -0.4 is 15.5 Å². The minimum absolute atomic E-state index is 0.0260. The van der Waals surface area contributed by atoms with Gasteiger partial charge in [0.1, 0.15) is 30.2 Å². The first-order valence-electron chi connectivity index (χ1n) is 21.9. The number of carbonyl (C=O) groups excluding carboxylic acids is 3. The first-order chi connectivity index (χ1) is 31.7. The van der Waals surface area contributed by atoms with Crippen LogP contribution in [0, 0.1) is 17.8 Å². The molecule has 22 heteroatoms. The van der Waals surface area contributed by atoms with Gasteiger partial charge in [0.2, 0.25) is 11.8 Å². The van der Waals surface area contributed by atoms with Crippen LogP contribution in [-0.4, -0.2) is 127 Å². The topological polar surface area (TPSA) is 166 Å². The van der Waals surface area contributed by atoms with Crippen LogP contribution in [-0.2, 0) is 26.1 Å². The number of para-hydroxylation sites is 1. The van der Waals surface area contributed by atoms with Crippen LogP contribution in [0.15, 0.2) is 42.9 Å². The number of aryl methyl sites for hydroxylation is 1. The number of morpholine rings is 1. The number of likely N-dealkylation sites (tertiary alicyclic amines) is 1. The third-order valence-corrected chi connectivity index (χ3v) is 12.9. The molecule has 0 spiro atoms. The summed E-state index contributed by atoms with van der Waals surface area (Å²) in [6.07, 6.45) is -1.63. The largest absolute Gasteiger partial charge is 0.411 e. The molecular weight excluding hydrogens is 877 g/mol. The lowest BCUT2D eigenvalue weighted by Crippen LogP contribution is -2.54. The van der Waals surface area contributed by atoms with Crippen LogP contribution in [0.4, 0.5) is 37.8 Å². The standard InChI is InChI=1S/C44H47F6N11O5/c1-57-39-26(4-2-6-28(39)37(55-57)29-11-12-36(62)54-42(29)63)5-3-18-66-33-13-15-58(22-31(33)45)21-25-7-9-27(10-8-25)61-23-32(38(56-61)40(46)47)52-43(64)30-20-51-60-16-14-35(53-41(30)60)59-17-19-65-24-34(59)44(48,49)50/h2,4,6,14,16,20,23,25,27,29,31,33-34,40H,7-13,15,17-19,21-22,24H2,1H3,(H,52,64)(H,54,62,63)/t25-,27-,29?,31-,33+,34+/m1/s1. The van der Waals surface area contributed by atoms with Crippen LogP contribution in [0.25, 0.3) is 16.6 Å². The van der Waals surface area contributed by atoms with E-state index in [1.807, 2.05) is 18.2 Å². The van der Waals surface area contributed by atoms with Crippen molar-refractivity contribution in [2.45, 2.75) is 87.8 Å². The van der Waals surface area contributed by atoms with Crippen molar-refractivity contribution in [3.63, 3.8) is 0 Å². The molecule has 4 aliphatic rings. The monoisotopic (exact) mass is 923 g/mol. The average Bonchev–Trinajstić information content (AvgIpc) is 4.01. The number of piperidine rings is 2. The van der Waals surface area contributed by atoms with Crippen LogP contribution in [0.5, 0.6) is 0 Å². The highest BCUT2D eigenvalue weighted by Crippen LogP contribution is 2.37. The van der Waals surface area contributed by atoms with E-state index in [2.05, 4.69) is 47.7 Å². The van der Waals surface area contributed by atoms with Gasteiger partial charge < -0.3 is 19.7 Å². The van der Waals surface area contributed by atoms with Gasteiger partial charge in [-0.2, -0.15) is 28.5 Å². The zero-order chi connectivity index (χ0) is 46.3. The number of carbonyl (C=O) groups is 3. The summed E-state index contributed by atoms with van der Waals surface area (Å²) < 4.78 is 101.